The first-order valence-corrected chi connectivity index (χ1v) is 8.90. The van der Waals surface area contributed by atoms with Gasteiger partial charge in [-0.2, -0.15) is 4.98 Å². The zero-order chi connectivity index (χ0) is 18.8. The van der Waals surface area contributed by atoms with Crippen LogP contribution >= 0.6 is 0 Å². The first-order chi connectivity index (χ1) is 13.1. The SMILES string of the molecule is COCc1noc(C[C@H]2CN(c3ncnc4nc(C)cc(C)c34)CCO2)n1. The highest BCUT2D eigenvalue weighted by Crippen LogP contribution is 2.27. The van der Waals surface area contributed by atoms with Crippen LogP contribution in [0.1, 0.15) is 23.0 Å². The number of hydrogen-bond acceptors (Lipinski definition) is 9. The van der Waals surface area contributed by atoms with E-state index in [-0.39, 0.29) is 6.10 Å². The predicted octanol–water partition coefficient (Wildman–Crippen LogP) is 1.62. The van der Waals surface area contributed by atoms with Gasteiger partial charge in [-0.15, -0.1) is 0 Å². The van der Waals surface area contributed by atoms with Crippen molar-refractivity contribution in [2.75, 3.05) is 31.7 Å². The Hall–Kier alpha value is -2.65. The Morgan fingerprint density at radius 2 is 2.15 bits per heavy atom. The molecule has 9 nitrogen and oxygen atoms in total. The second-order valence-corrected chi connectivity index (χ2v) is 6.66. The van der Waals surface area contributed by atoms with E-state index in [0.717, 1.165) is 34.7 Å². The number of pyridine rings is 1. The minimum atomic E-state index is -0.0571. The average Bonchev–Trinajstić information content (AvgIpc) is 3.08. The van der Waals surface area contributed by atoms with E-state index in [9.17, 15) is 0 Å². The van der Waals surface area contributed by atoms with Crippen molar-refractivity contribution in [3.05, 3.63) is 35.4 Å². The largest absolute Gasteiger partial charge is 0.377 e. The molecule has 1 fully saturated rings. The van der Waals surface area contributed by atoms with E-state index in [2.05, 4.69) is 43.0 Å². The standard InChI is InChI=1S/C18H22N6O3/c1-11-6-12(2)21-17-16(11)18(20-10-19-17)24-4-5-26-13(8-24)7-15-22-14(9-25-3)23-27-15/h6,10,13H,4-5,7-9H2,1-3H3/t13-/m0/s1. The molecule has 0 saturated carbocycles. The number of methoxy groups -OCH3 is 1. The van der Waals surface area contributed by atoms with Gasteiger partial charge in [0.2, 0.25) is 5.89 Å². The Bertz CT molecular complexity index is 944. The van der Waals surface area contributed by atoms with Gasteiger partial charge in [0, 0.05) is 25.9 Å². The van der Waals surface area contributed by atoms with Crippen LogP contribution in [0.3, 0.4) is 0 Å². The van der Waals surface area contributed by atoms with Crippen molar-refractivity contribution in [1.29, 1.82) is 0 Å². The lowest BCUT2D eigenvalue weighted by Crippen LogP contribution is -2.44. The minimum absolute atomic E-state index is 0.0571. The molecule has 3 aromatic heterocycles. The molecular weight excluding hydrogens is 348 g/mol. The molecule has 0 unspecified atom stereocenters. The number of anilines is 1. The van der Waals surface area contributed by atoms with Gasteiger partial charge in [0.15, 0.2) is 11.5 Å². The second-order valence-electron chi connectivity index (χ2n) is 6.66. The second kappa shape index (κ2) is 7.53. The molecule has 9 heteroatoms. The number of aromatic nitrogens is 5. The van der Waals surface area contributed by atoms with E-state index < -0.39 is 0 Å². The van der Waals surface area contributed by atoms with E-state index in [1.165, 1.54) is 0 Å². The lowest BCUT2D eigenvalue weighted by atomic mass is 10.1. The normalized spacial score (nSPS) is 17.6. The van der Waals surface area contributed by atoms with Crippen LogP contribution in [0.2, 0.25) is 0 Å². The smallest absolute Gasteiger partial charge is 0.229 e. The zero-order valence-electron chi connectivity index (χ0n) is 15.7. The quantitative estimate of drug-likeness (QED) is 0.663. The Balaban J connectivity index is 1.55. The summed E-state index contributed by atoms with van der Waals surface area (Å²) in [6.07, 6.45) is 2.06. The van der Waals surface area contributed by atoms with Crippen LogP contribution in [0.4, 0.5) is 5.82 Å². The molecule has 1 saturated heterocycles. The third-order valence-corrected chi connectivity index (χ3v) is 4.53. The molecule has 0 amide bonds. The Morgan fingerprint density at radius 3 is 3.00 bits per heavy atom. The minimum Gasteiger partial charge on any atom is -0.377 e. The fraction of sp³-hybridized carbons (Fsp3) is 0.500. The van der Waals surface area contributed by atoms with Crippen LogP contribution in [0.5, 0.6) is 0 Å². The lowest BCUT2D eigenvalue weighted by molar-refractivity contribution is 0.0360. The molecular formula is C18H22N6O3. The maximum absolute atomic E-state index is 5.90. The van der Waals surface area contributed by atoms with Gasteiger partial charge in [-0.05, 0) is 25.5 Å². The topological polar surface area (TPSA) is 99.3 Å². The molecule has 0 N–H and O–H groups in total. The number of fused-ring (bicyclic) bond motifs is 1. The van der Waals surface area contributed by atoms with Crippen LogP contribution < -0.4 is 4.90 Å². The first kappa shape index (κ1) is 17.7. The molecule has 4 heterocycles. The van der Waals surface area contributed by atoms with Crippen LogP contribution in [0.15, 0.2) is 16.9 Å². The molecule has 3 aromatic rings. The molecule has 142 valence electrons. The summed E-state index contributed by atoms with van der Waals surface area (Å²) in [6.45, 7) is 6.42. The molecule has 27 heavy (non-hydrogen) atoms. The Kier molecular flexibility index (Phi) is 4.95. The third kappa shape index (κ3) is 3.74. The van der Waals surface area contributed by atoms with Gasteiger partial charge >= 0.3 is 0 Å². The molecule has 4 rings (SSSR count). The van der Waals surface area contributed by atoms with E-state index in [4.69, 9.17) is 14.0 Å². The van der Waals surface area contributed by atoms with Crippen LogP contribution in [-0.4, -0.2) is 58.0 Å². The fourth-order valence-electron chi connectivity index (χ4n) is 3.42. The number of rotatable bonds is 5. The number of nitrogens with zero attached hydrogens (tertiary/aromatic N) is 6. The van der Waals surface area contributed by atoms with Crippen molar-refractivity contribution >= 4 is 16.9 Å². The number of morpholine rings is 1. The van der Waals surface area contributed by atoms with Crippen LogP contribution in [0, 0.1) is 13.8 Å². The van der Waals surface area contributed by atoms with Crippen LogP contribution in [-0.2, 0) is 22.5 Å². The third-order valence-electron chi connectivity index (χ3n) is 4.53. The van der Waals surface area contributed by atoms with Crippen molar-refractivity contribution in [2.45, 2.75) is 33.0 Å². The molecule has 0 spiro atoms. The highest BCUT2D eigenvalue weighted by Gasteiger charge is 2.26. The van der Waals surface area contributed by atoms with Crippen molar-refractivity contribution in [2.24, 2.45) is 0 Å². The van der Waals surface area contributed by atoms with Crippen molar-refractivity contribution in [3.63, 3.8) is 0 Å². The number of ether oxygens (including phenoxy) is 2. The summed E-state index contributed by atoms with van der Waals surface area (Å²) in [5.74, 6) is 1.98. The molecule has 0 aliphatic carbocycles. The summed E-state index contributed by atoms with van der Waals surface area (Å²) >= 11 is 0. The maximum atomic E-state index is 5.90. The highest BCUT2D eigenvalue weighted by atomic mass is 16.5. The monoisotopic (exact) mass is 370 g/mol. The summed E-state index contributed by atoms with van der Waals surface area (Å²) in [4.78, 5) is 20.0. The van der Waals surface area contributed by atoms with Gasteiger partial charge in [0.1, 0.15) is 18.8 Å². The van der Waals surface area contributed by atoms with Crippen molar-refractivity contribution in [1.82, 2.24) is 25.1 Å². The fourth-order valence-corrected chi connectivity index (χ4v) is 3.42. The van der Waals surface area contributed by atoms with E-state index in [1.807, 2.05) is 6.92 Å². The zero-order valence-corrected chi connectivity index (χ0v) is 15.7. The number of aryl methyl sites for hydroxylation is 2. The molecule has 1 aliphatic rings. The molecule has 0 aromatic carbocycles. The molecule has 1 atom stereocenters. The summed E-state index contributed by atoms with van der Waals surface area (Å²) in [7, 11) is 1.60. The van der Waals surface area contributed by atoms with Crippen molar-refractivity contribution in [3.8, 4) is 0 Å². The Morgan fingerprint density at radius 1 is 1.26 bits per heavy atom. The lowest BCUT2D eigenvalue weighted by Gasteiger charge is -2.33. The summed E-state index contributed by atoms with van der Waals surface area (Å²) < 4.78 is 16.2. The average molecular weight is 370 g/mol. The molecule has 0 radical (unpaired) electrons. The van der Waals surface area contributed by atoms with E-state index >= 15 is 0 Å². The summed E-state index contributed by atoms with van der Waals surface area (Å²) in [5.41, 5.74) is 2.80. The van der Waals surface area contributed by atoms with Gasteiger partial charge < -0.3 is 18.9 Å². The van der Waals surface area contributed by atoms with Crippen LogP contribution in [0.25, 0.3) is 11.0 Å². The predicted molar refractivity (Wildman–Crippen MR) is 97.5 cm³/mol. The van der Waals surface area contributed by atoms with Gasteiger partial charge in [-0.3, -0.25) is 0 Å². The Labute approximate surface area is 156 Å². The van der Waals surface area contributed by atoms with Crippen molar-refractivity contribution < 1.29 is 14.0 Å². The van der Waals surface area contributed by atoms with E-state index in [0.29, 0.717) is 37.9 Å². The summed E-state index contributed by atoms with van der Waals surface area (Å²) in [5, 5.41) is 4.89. The van der Waals surface area contributed by atoms with Gasteiger partial charge in [-0.1, -0.05) is 5.16 Å². The molecule has 1 aliphatic heterocycles. The number of hydrogen-bond donors (Lipinski definition) is 0. The first-order valence-electron chi connectivity index (χ1n) is 8.90. The summed E-state index contributed by atoms with van der Waals surface area (Å²) in [6, 6.07) is 2.06. The van der Waals surface area contributed by atoms with Gasteiger partial charge in [-0.25, -0.2) is 15.0 Å². The highest BCUT2D eigenvalue weighted by molar-refractivity contribution is 5.90. The van der Waals surface area contributed by atoms with Gasteiger partial charge in [0.25, 0.3) is 0 Å². The maximum Gasteiger partial charge on any atom is 0.229 e. The van der Waals surface area contributed by atoms with E-state index in [1.54, 1.807) is 13.4 Å². The van der Waals surface area contributed by atoms with Gasteiger partial charge in [0.05, 0.1) is 24.5 Å². The molecule has 0 bridgehead atoms.